The third-order valence-corrected chi connectivity index (χ3v) is 7.07. The molecule has 0 aromatic heterocycles. The molecule has 1 aliphatic rings. The van der Waals surface area contributed by atoms with Crippen LogP contribution in [-0.4, -0.2) is 56.8 Å². The number of nitrogens with zero attached hydrogens (tertiary/aromatic N) is 2. The van der Waals surface area contributed by atoms with Crippen molar-refractivity contribution in [2.24, 2.45) is 0 Å². The summed E-state index contributed by atoms with van der Waals surface area (Å²) < 4.78 is 36.9. The molecule has 1 aliphatic heterocycles. The predicted molar refractivity (Wildman–Crippen MR) is 139 cm³/mol. The summed E-state index contributed by atoms with van der Waals surface area (Å²) in [6.07, 6.45) is 1.42. The zero-order valence-electron chi connectivity index (χ0n) is 20.9. The van der Waals surface area contributed by atoms with E-state index in [2.05, 4.69) is 5.32 Å². The van der Waals surface area contributed by atoms with Gasteiger partial charge in [0.25, 0.3) is 0 Å². The van der Waals surface area contributed by atoms with Crippen molar-refractivity contribution in [3.05, 3.63) is 53.1 Å². The minimum absolute atomic E-state index is 0.0520. The zero-order valence-corrected chi connectivity index (χ0v) is 22.4. The molecule has 11 heteroatoms. The number of halogens is 1. The summed E-state index contributed by atoms with van der Waals surface area (Å²) in [4.78, 5) is 27.5. The van der Waals surface area contributed by atoms with Crippen LogP contribution < -0.4 is 19.1 Å². The fourth-order valence-corrected chi connectivity index (χ4v) is 5.03. The van der Waals surface area contributed by atoms with E-state index in [1.807, 2.05) is 19.9 Å². The number of anilines is 1. The van der Waals surface area contributed by atoms with E-state index in [4.69, 9.17) is 21.1 Å². The summed E-state index contributed by atoms with van der Waals surface area (Å²) in [6, 6.07) is 11.2. The molecule has 0 fully saturated rings. The van der Waals surface area contributed by atoms with E-state index >= 15 is 0 Å². The Morgan fingerprint density at radius 3 is 2.47 bits per heavy atom. The van der Waals surface area contributed by atoms with Crippen molar-refractivity contribution >= 4 is 39.1 Å². The van der Waals surface area contributed by atoms with Crippen molar-refractivity contribution in [2.45, 2.75) is 52.2 Å². The van der Waals surface area contributed by atoms with Crippen LogP contribution in [0.15, 0.2) is 42.5 Å². The van der Waals surface area contributed by atoms with E-state index in [0.29, 0.717) is 22.2 Å². The van der Waals surface area contributed by atoms with Gasteiger partial charge in [0.15, 0.2) is 11.5 Å². The molecule has 1 atom stereocenters. The molecule has 0 spiro atoms. The van der Waals surface area contributed by atoms with Crippen LogP contribution in [0.25, 0.3) is 0 Å². The lowest BCUT2D eigenvalue weighted by Crippen LogP contribution is -2.49. The Kier molecular flexibility index (Phi) is 9.08. The molecule has 0 bridgehead atoms. The van der Waals surface area contributed by atoms with Gasteiger partial charge in [0, 0.05) is 36.6 Å². The van der Waals surface area contributed by atoms with E-state index in [1.165, 1.54) is 9.21 Å². The predicted octanol–water partition coefficient (Wildman–Crippen LogP) is 3.56. The largest absolute Gasteiger partial charge is 0.454 e. The summed E-state index contributed by atoms with van der Waals surface area (Å²) in [5.74, 6) is 0.488. The van der Waals surface area contributed by atoms with Gasteiger partial charge in [-0.15, -0.1) is 0 Å². The number of amides is 2. The first-order valence-electron chi connectivity index (χ1n) is 11.7. The molecule has 0 radical (unpaired) electrons. The molecule has 2 aromatic carbocycles. The molecule has 0 saturated heterocycles. The molecular weight excluding hydrogens is 506 g/mol. The number of nitrogens with one attached hydrogen (secondary N) is 1. The van der Waals surface area contributed by atoms with E-state index in [9.17, 15) is 18.0 Å². The van der Waals surface area contributed by atoms with Crippen molar-refractivity contribution in [1.82, 2.24) is 10.2 Å². The van der Waals surface area contributed by atoms with E-state index in [1.54, 1.807) is 43.3 Å². The fourth-order valence-electron chi connectivity index (χ4n) is 3.86. The Labute approximate surface area is 217 Å². The summed E-state index contributed by atoms with van der Waals surface area (Å²) in [5.41, 5.74) is 1.22. The highest BCUT2D eigenvalue weighted by atomic mass is 35.5. The topological polar surface area (TPSA) is 105 Å². The van der Waals surface area contributed by atoms with Crippen LogP contribution in [0.5, 0.6) is 11.5 Å². The molecule has 3 rings (SSSR count). The van der Waals surface area contributed by atoms with E-state index in [0.717, 1.165) is 11.8 Å². The van der Waals surface area contributed by atoms with Crippen molar-refractivity contribution in [1.29, 1.82) is 0 Å². The minimum atomic E-state index is -3.62. The van der Waals surface area contributed by atoms with Crippen LogP contribution in [0, 0.1) is 0 Å². The maximum absolute atomic E-state index is 13.3. The molecule has 1 N–H and O–H groups in total. The summed E-state index contributed by atoms with van der Waals surface area (Å²) in [5, 5.41) is 3.38. The number of rotatable bonds is 11. The third kappa shape index (κ3) is 7.27. The average molecular weight is 538 g/mol. The van der Waals surface area contributed by atoms with Gasteiger partial charge in [-0.25, -0.2) is 8.42 Å². The van der Waals surface area contributed by atoms with Gasteiger partial charge in [0.2, 0.25) is 28.6 Å². The number of carbonyl (C=O) groups excluding carboxylic acids is 2. The molecule has 1 heterocycles. The number of fused-ring (bicyclic) bond motifs is 1. The van der Waals surface area contributed by atoms with Crippen molar-refractivity contribution in [3.63, 3.8) is 0 Å². The smallest absolute Gasteiger partial charge is 0.242 e. The monoisotopic (exact) mass is 537 g/mol. The highest BCUT2D eigenvalue weighted by Crippen LogP contribution is 2.36. The molecule has 1 unspecified atom stereocenters. The Morgan fingerprint density at radius 1 is 1.08 bits per heavy atom. The molecule has 2 aromatic rings. The lowest BCUT2D eigenvalue weighted by molar-refractivity contribution is -0.140. The number of carbonyl (C=O) groups is 2. The molecule has 9 nitrogen and oxygen atoms in total. The van der Waals surface area contributed by atoms with Gasteiger partial charge in [0.05, 0.1) is 11.9 Å². The zero-order chi connectivity index (χ0) is 26.5. The van der Waals surface area contributed by atoms with Gasteiger partial charge in [-0.2, -0.15) is 0 Å². The van der Waals surface area contributed by atoms with Crippen LogP contribution in [-0.2, 0) is 26.2 Å². The Hall–Kier alpha value is -2.98. The highest BCUT2D eigenvalue weighted by Gasteiger charge is 2.27. The Balaban J connectivity index is 1.73. The van der Waals surface area contributed by atoms with Gasteiger partial charge in [-0.05, 0) is 57.0 Å². The molecule has 36 heavy (non-hydrogen) atoms. The van der Waals surface area contributed by atoms with Crippen LogP contribution in [0.4, 0.5) is 5.69 Å². The van der Waals surface area contributed by atoms with Crippen molar-refractivity contribution < 1.29 is 27.5 Å². The summed E-state index contributed by atoms with van der Waals surface area (Å²) >= 11 is 6.11. The van der Waals surface area contributed by atoms with Gasteiger partial charge in [-0.1, -0.05) is 23.7 Å². The highest BCUT2D eigenvalue weighted by molar-refractivity contribution is 7.92. The lowest BCUT2D eigenvalue weighted by atomic mass is 10.1. The number of hydrogen-bond donors (Lipinski definition) is 1. The average Bonchev–Trinajstić information content (AvgIpc) is 3.26. The molecule has 0 aliphatic carbocycles. The van der Waals surface area contributed by atoms with Crippen molar-refractivity contribution in [2.75, 3.05) is 23.9 Å². The SMILES string of the molecule is CC(C)NC(=O)C(C)N(Cc1cccc(Cl)c1)C(=O)CCCN(c1ccc2c(c1)OCO2)S(C)(=O)=O. The number of benzene rings is 2. The molecule has 196 valence electrons. The second-order valence-electron chi connectivity index (χ2n) is 8.97. The maximum Gasteiger partial charge on any atom is 0.242 e. The third-order valence-electron chi connectivity index (χ3n) is 5.64. The Morgan fingerprint density at radius 2 is 1.81 bits per heavy atom. The second-order valence-corrected chi connectivity index (χ2v) is 11.3. The molecular formula is C25H32ClN3O6S. The first-order valence-corrected chi connectivity index (χ1v) is 13.9. The molecule has 0 saturated carbocycles. The van der Waals surface area contributed by atoms with E-state index < -0.39 is 16.1 Å². The van der Waals surface area contributed by atoms with E-state index in [-0.39, 0.29) is 50.6 Å². The van der Waals surface area contributed by atoms with Crippen LogP contribution in [0.2, 0.25) is 5.02 Å². The normalized spacial score (nSPS) is 13.4. The fraction of sp³-hybridized carbons (Fsp3) is 0.440. The standard InChI is InChI=1S/C25H32ClN3O6S/c1-17(2)27-25(31)18(3)28(15-19-7-5-8-20(26)13-19)24(30)9-6-12-29(36(4,32)33)21-10-11-22-23(14-21)35-16-34-22/h5,7-8,10-11,13-14,17-18H,6,9,12,15-16H2,1-4H3,(H,27,31). The number of sulfonamides is 1. The van der Waals surface area contributed by atoms with Crippen molar-refractivity contribution in [3.8, 4) is 11.5 Å². The van der Waals surface area contributed by atoms with Crippen LogP contribution >= 0.6 is 11.6 Å². The first-order chi connectivity index (χ1) is 17.0. The van der Waals surface area contributed by atoms with Crippen LogP contribution in [0.3, 0.4) is 0 Å². The molecule has 2 amide bonds. The lowest BCUT2D eigenvalue weighted by Gasteiger charge is -2.30. The van der Waals surface area contributed by atoms with Gasteiger partial charge in [0.1, 0.15) is 6.04 Å². The second kappa shape index (κ2) is 11.8. The number of ether oxygens (including phenoxy) is 2. The van der Waals surface area contributed by atoms with Gasteiger partial charge < -0.3 is 19.7 Å². The summed E-state index contributed by atoms with van der Waals surface area (Å²) in [6.45, 7) is 5.74. The minimum Gasteiger partial charge on any atom is -0.454 e. The van der Waals surface area contributed by atoms with Crippen LogP contribution in [0.1, 0.15) is 39.2 Å². The Bertz CT molecular complexity index is 1200. The maximum atomic E-state index is 13.3. The van der Waals surface area contributed by atoms with Gasteiger partial charge >= 0.3 is 0 Å². The quantitative estimate of drug-likeness (QED) is 0.470. The summed E-state index contributed by atoms with van der Waals surface area (Å²) in [7, 11) is -3.62. The number of hydrogen-bond acceptors (Lipinski definition) is 6. The first kappa shape index (κ1) is 27.6. The van der Waals surface area contributed by atoms with Gasteiger partial charge in [-0.3, -0.25) is 13.9 Å².